The number of halogens is 2. The molecule has 0 aromatic heterocycles. The quantitative estimate of drug-likeness (QED) is 0.843. The number of primary amides is 1. The molecule has 2 rings (SSSR count). The summed E-state index contributed by atoms with van der Waals surface area (Å²) in [5.74, 6) is 0.168. The summed E-state index contributed by atoms with van der Waals surface area (Å²) in [6.07, 6.45) is 0. The van der Waals surface area contributed by atoms with Crippen LogP contribution in [0.25, 0.3) is 0 Å². The van der Waals surface area contributed by atoms with E-state index in [0.29, 0.717) is 22.0 Å². The molecular weight excluding hydrogens is 356 g/mol. The molecule has 4 nitrogen and oxygen atoms in total. The van der Waals surface area contributed by atoms with Gasteiger partial charge in [-0.15, -0.1) is 0 Å². The zero-order valence-corrected chi connectivity index (χ0v) is 13.6. The van der Waals surface area contributed by atoms with E-state index in [1.165, 1.54) is 0 Å². The third-order valence-corrected chi connectivity index (χ3v) is 3.77. The van der Waals surface area contributed by atoms with Gasteiger partial charge in [0.15, 0.2) is 0 Å². The van der Waals surface area contributed by atoms with Crippen LogP contribution in [0.5, 0.6) is 5.75 Å². The summed E-state index contributed by atoms with van der Waals surface area (Å²) >= 11 is 9.53. The summed E-state index contributed by atoms with van der Waals surface area (Å²) in [5.41, 5.74) is 6.83. The van der Waals surface area contributed by atoms with Gasteiger partial charge in [-0.05, 0) is 30.3 Å². The number of carbonyl (C=O) groups excluding carboxylic acids is 1. The van der Waals surface area contributed by atoms with E-state index in [1.807, 2.05) is 18.2 Å². The van der Waals surface area contributed by atoms with Gasteiger partial charge in [-0.3, -0.25) is 4.79 Å². The van der Waals surface area contributed by atoms with Gasteiger partial charge in [-0.25, -0.2) is 0 Å². The van der Waals surface area contributed by atoms with E-state index in [9.17, 15) is 4.79 Å². The van der Waals surface area contributed by atoms with Gasteiger partial charge < -0.3 is 15.8 Å². The van der Waals surface area contributed by atoms with Crippen molar-refractivity contribution < 1.29 is 9.53 Å². The molecular formula is C15H14BrClN2O2. The molecule has 0 bridgehead atoms. The average molecular weight is 370 g/mol. The number of anilines is 1. The second-order valence-electron chi connectivity index (χ2n) is 4.38. The van der Waals surface area contributed by atoms with E-state index in [4.69, 9.17) is 22.1 Å². The molecule has 0 aliphatic rings. The number of hydrogen-bond donors (Lipinski definition) is 2. The first-order chi connectivity index (χ1) is 10.0. The average Bonchev–Trinajstić information content (AvgIpc) is 2.47. The van der Waals surface area contributed by atoms with Gasteiger partial charge in [0.1, 0.15) is 11.8 Å². The van der Waals surface area contributed by atoms with E-state index in [-0.39, 0.29) is 0 Å². The minimum atomic E-state index is -0.734. The summed E-state index contributed by atoms with van der Waals surface area (Å²) in [4.78, 5) is 11.8. The maximum atomic E-state index is 11.8. The van der Waals surface area contributed by atoms with E-state index in [2.05, 4.69) is 21.2 Å². The van der Waals surface area contributed by atoms with Gasteiger partial charge in [0.25, 0.3) is 0 Å². The molecule has 2 aromatic carbocycles. The van der Waals surface area contributed by atoms with Gasteiger partial charge in [0, 0.05) is 26.8 Å². The molecule has 0 aliphatic carbocycles. The highest BCUT2D eigenvalue weighted by Gasteiger charge is 2.21. The number of benzene rings is 2. The van der Waals surface area contributed by atoms with Crippen LogP contribution in [-0.4, -0.2) is 13.0 Å². The second kappa shape index (κ2) is 6.83. The second-order valence-corrected chi connectivity index (χ2v) is 5.70. The van der Waals surface area contributed by atoms with Crippen LogP contribution in [0.4, 0.5) is 5.69 Å². The first kappa shape index (κ1) is 15.7. The Morgan fingerprint density at radius 1 is 1.33 bits per heavy atom. The fourth-order valence-electron chi connectivity index (χ4n) is 1.92. The minimum Gasteiger partial charge on any atom is -0.497 e. The van der Waals surface area contributed by atoms with Crippen molar-refractivity contribution in [3.05, 3.63) is 57.5 Å². The number of nitrogens with two attached hydrogens (primary N) is 1. The lowest BCUT2D eigenvalue weighted by atomic mass is 10.1. The predicted molar refractivity (Wildman–Crippen MR) is 87.7 cm³/mol. The van der Waals surface area contributed by atoms with Crippen LogP contribution in [-0.2, 0) is 4.79 Å². The predicted octanol–water partition coefficient (Wildman–Crippen LogP) is 3.75. The lowest BCUT2D eigenvalue weighted by Gasteiger charge is -2.19. The Kier molecular flexibility index (Phi) is 5.09. The zero-order valence-electron chi connectivity index (χ0n) is 11.3. The monoisotopic (exact) mass is 368 g/mol. The van der Waals surface area contributed by atoms with Gasteiger partial charge >= 0.3 is 0 Å². The van der Waals surface area contributed by atoms with Crippen molar-refractivity contribution in [1.82, 2.24) is 0 Å². The normalized spacial score (nSPS) is 11.8. The first-order valence-corrected chi connectivity index (χ1v) is 7.33. The maximum absolute atomic E-state index is 11.8. The van der Waals surface area contributed by atoms with E-state index in [0.717, 1.165) is 4.47 Å². The van der Waals surface area contributed by atoms with Crippen molar-refractivity contribution in [3.63, 3.8) is 0 Å². The van der Waals surface area contributed by atoms with Gasteiger partial charge in [-0.2, -0.15) is 0 Å². The highest BCUT2D eigenvalue weighted by atomic mass is 79.9. The van der Waals surface area contributed by atoms with Crippen LogP contribution >= 0.6 is 27.5 Å². The van der Waals surface area contributed by atoms with Crippen molar-refractivity contribution in [3.8, 4) is 5.75 Å². The molecule has 1 atom stereocenters. The van der Waals surface area contributed by atoms with Crippen molar-refractivity contribution >= 4 is 39.1 Å². The van der Waals surface area contributed by atoms with Crippen LogP contribution in [0.2, 0.25) is 5.02 Å². The van der Waals surface area contributed by atoms with Crippen LogP contribution in [0, 0.1) is 0 Å². The molecule has 3 N–H and O–H groups in total. The number of hydrogen-bond acceptors (Lipinski definition) is 3. The van der Waals surface area contributed by atoms with E-state index >= 15 is 0 Å². The van der Waals surface area contributed by atoms with Crippen LogP contribution in [0.15, 0.2) is 46.9 Å². The van der Waals surface area contributed by atoms with Gasteiger partial charge in [-0.1, -0.05) is 33.6 Å². The van der Waals surface area contributed by atoms with Crippen molar-refractivity contribution in [1.29, 1.82) is 0 Å². The van der Waals surface area contributed by atoms with Crippen LogP contribution < -0.4 is 15.8 Å². The highest BCUT2D eigenvalue weighted by molar-refractivity contribution is 9.10. The Balaban J connectivity index is 2.35. The Morgan fingerprint density at radius 2 is 2.10 bits per heavy atom. The number of amides is 1. The summed E-state index contributed by atoms with van der Waals surface area (Å²) in [7, 11) is 1.58. The highest BCUT2D eigenvalue weighted by Crippen LogP contribution is 2.29. The lowest BCUT2D eigenvalue weighted by molar-refractivity contribution is -0.118. The fourth-order valence-corrected chi connectivity index (χ4v) is 2.52. The summed E-state index contributed by atoms with van der Waals surface area (Å²) in [6.45, 7) is 0. The molecule has 0 heterocycles. The molecule has 1 amide bonds. The number of ether oxygens (including phenoxy) is 1. The maximum Gasteiger partial charge on any atom is 0.244 e. The van der Waals surface area contributed by atoms with Crippen molar-refractivity contribution in [2.75, 3.05) is 12.4 Å². The molecule has 110 valence electrons. The lowest BCUT2D eigenvalue weighted by Crippen LogP contribution is -2.28. The third-order valence-electron chi connectivity index (χ3n) is 2.93. The van der Waals surface area contributed by atoms with Gasteiger partial charge in [0.2, 0.25) is 5.91 Å². The summed E-state index contributed by atoms with van der Waals surface area (Å²) in [5, 5.41) is 3.55. The topological polar surface area (TPSA) is 64.3 Å². The summed E-state index contributed by atoms with van der Waals surface area (Å²) < 4.78 is 5.98. The number of carbonyl (C=O) groups is 1. The minimum absolute atomic E-state index is 0.470. The molecule has 0 spiro atoms. The first-order valence-electron chi connectivity index (χ1n) is 6.16. The van der Waals surface area contributed by atoms with Crippen LogP contribution in [0.3, 0.4) is 0 Å². The zero-order chi connectivity index (χ0) is 15.4. The SMILES string of the molecule is COc1cccc(NC(C(N)=O)c2cc(Br)ccc2Cl)c1. The molecule has 0 radical (unpaired) electrons. The molecule has 2 aromatic rings. The Hall–Kier alpha value is -1.72. The van der Waals surface area contributed by atoms with E-state index < -0.39 is 11.9 Å². The van der Waals surface area contributed by atoms with Crippen molar-refractivity contribution in [2.45, 2.75) is 6.04 Å². The fraction of sp³-hybridized carbons (Fsp3) is 0.133. The molecule has 0 saturated carbocycles. The number of nitrogens with one attached hydrogen (secondary N) is 1. The smallest absolute Gasteiger partial charge is 0.244 e. The Morgan fingerprint density at radius 3 is 2.76 bits per heavy atom. The molecule has 0 aliphatic heterocycles. The van der Waals surface area contributed by atoms with Gasteiger partial charge in [0.05, 0.1) is 7.11 Å². The van der Waals surface area contributed by atoms with Crippen LogP contribution in [0.1, 0.15) is 11.6 Å². The third kappa shape index (κ3) is 3.89. The molecule has 1 unspecified atom stereocenters. The van der Waals surface area contributed by atoms with E-state index in [1.54, 1.807) is 31.4 Å². The summed E-state index contributed by atoms with van der Waals surface area (Å²) in [6, 6.07) is 11.8. The largest absolute Gasteiger partial charge is 0.497 e. The number of methoxy groups -OCH3 is 1. The van der Waals surface area contributed by atoms with Crippen molar-refractivity contribution in [2.24, 2.45) is 5.73 Å². The molecule has 0 fully saturated rings. The molecule has 0 saturated heterocycles. The standard InChI is InChI=1S/C15H14BrClN2O2/c1-21-11-4-2-3-10(8-11)19-14(15(18)20)12-7-9(16)5-6-13(12)17/h2-8,14,19H,1H3,(H2,18,20). The Labute approximate surface area is 136 Å². The molecule has 21 heavy (non-hydrogen) atoms. The molecule has 6 heteroatoms. The Bertz CT molecular complexity index is 664. The number of rotatable bonds is 5.